The van der Waals surface area contributed by atoms with E-state index in [1.54, 1.807) is 44.2 Å². The Morgan fingerprint density at radius 2 is 1.96 bits per heavy atom. The van der Waals surface area contributed by atoms with Crippen molar-refractivity contribution in [1.29, 1.82) is 0 Å². The number of hydrogen-bond acceptors (Lipinski definition) is 9. The number of primary amides is 1. The van der Waals surface area contributed by atoms with Gasteiger partial charge in [0.15, 0.2) is 0 Å². The van der Waals surface area contributed by atoms with Gasteiger partial charge in [0.2, 0.25) is 5.91 Å². The van der Waals surface area contributed by atoms with Crippen molar-refractivity contribution >= 4 is 45.5 Å². The summed E-state index contributed by atoms with van der Waals surface area (Å²) in [4.78, 5) is 23.4. The molecule has 0 atom stereocenters. The summed E-state index contributed by atoms with van der Waals surface area (Å²) in [5.41, 5.74) is 6.19. The Morgan fingerprint density at radius 1 is 1.18 bits per heavy atom. The van der Waals surface area contributed by atoms with E-state index in [1.807, 2.05) is 0 Å². The standard InChI is InChI=1S/C33H35ClFN5O5/c1-20(31(36)41)23-15-24-27(18-29(23)44-11-5-8-40-9-12-43-13-10-40)37-19-38-32(24)39-28-17-26(34)30(16-25(28)33(2,3)42)45-22-7-4-6-21(35)14-22/h4,6-7,14-19,42H,1,5,8-13H2,2-3H3,(H2,36,41)(H,37,38,39). The van der Waals surface area contributed by atoms with Crippen LogP contribution in [0.4, 0.5) is 15.9 Å². The van der Waals surface area contributed by atoms with Crippen LogP contribution in [0.1, 0.15) is 31.4 Å². The minimum Gasteiger partial charge on any atom is -0.493 e. The molecule has 0 unspecified atom stereocenters. The number of morpholine rings is 1. The molecule has 0 spiro atoms. The topological polar surface area (TPSA) is 132 Å². The predicted molar refractivity (Wildman–Crippen MR) is 172 cm³/mol. The van der Waals surface area contributed by atoms with Gasteiger partial charge in [-0.05, 0) is 50.6 Å². The maximum atomic E-state index is 13.7. The molecule has 5 rings (SSSR count). The zero-order valence-electron chi connectivity index (χ0n) is 25.1. The Hall–Kier alpha value is -4.29. The second-order valence-electron chi connectivity index (χ2n) is 11.2. The Morgan fingerprint density at radius 3 is 2.67 bits per heavy atom. The number of aromatic nitrogens is 2. The first-order valence-corrected chi connectivity index (χ1v) is 14.8. The maximum Gasteiger partial charge on any atom is 0.248 e. The Bertz CT molecular complexity index is 1720. The molecule has 4 N–H and O–H groups in total. The van der Waals surface area contributed by atoms with Crippen LogP contribution in [0.15, 0.2) is 61.4 Å². The lowest BCUT2D eigenvalue weighted by Gasteiger charge is -2.26. The SMILES string of the molecule is C=C(C(N)=O)c1cc2c(Nc3cc(Cl)c(Oc4cccc(F)c4)cc3C(C)(C)O)ncnc2cc1OCCCN1CCOCC1. The van der Waals surface area contributed by atoms with Gasteiger partial charge in [-0.2, -0.15) is 0 Å². The highest BCUT2D eigenvalue weighted by Crippen LogP contribution is 2.41. The monoisotopic (exact) mass is 635 g/mol. The van der Waals surface area contributed by atoms with Gasteiger partial charge in [0, 0.05) is 59.5 Å². The molecule has 0 bridgehead atoms. The average molecular weight is 636 g/mol. The third-order valence-corrected chi connectivity index (χ3v) is 7.64. The third kappa shape index (κ3) is 7.87. The molecule has 1 aliphatic heterocycles. The van der Waals surface area contributed by atoms with E-state index in [-0.39, 0.29) is 22.1 Å². The number of ether oxygens (including phenoxy) is 3. The summed E-state index contributed by atoms with van der Waals surface area (Å²) in [6.07, 6.45) is 2.17. The fourth-order valence-corrected chi connectivity index (χ4v) is 5.20. The lowest BCUT2D eigenvalue weighted by Crippen LogP contribution is -2.37. The highest BCUT2D eigenvalue weighted by molar-refractivity contribution is 6.32. The molecule has 4 aromatic rings. The van der Waals surface area contributed by atoms with E-state index in [9.17, 15) is 14.3 Å². The summed E-state index contributed by atoms with van der Waals surface area (Å²) >= 11 is 6.60. The fraction of sp³-hybridized carbons (Fsp3) is 0.303. The van der Waals surface area contributed by atoms with Gasteiger partial charge in [0.25, 0.3) is 0 Å². The van der Waals surface area contributed by atoms with E-state index >= 15 is 0 Å². The second-order valence-corrected chi connectivity index (χ2v) is 11.6. The van der Waals surface area contributed by atoms with E-state index < -0.39 is 17.3 Å². The van der Waals surface area contributed by atoms with Crippen molar-refractivity contribution < 1.29 is 28.5 Å². The quantitative estimate of drug-likeness (QED) is 0.131. The van der Waals surface area contributed by atoms with Crippen molar-refractivity contribution in [3.63, 3.8) is 0 Å². The van der Waals surface area contributed by atoms with Gasteiger partial charge >= 0.3 is 0 Å². The van der Waals surface area contributed by atoms with Crippen molar-refractivity contribution in [2.24, 2.45) is 5.73 Å². The Balaban J connectivity index is 1.46. The molecule has 236 valence electrons. The Kier molecular flexibility index (Phi) is 9.83. The van der Waals surface area contributed by atoms with E-state index in [1.165, 1.54) is 24.5 Å². The summed E-state index contributed by atoms with van der Waals surface area (Å²) in [5, 5.41) is 15.1. The van der Waals surface area contributed by atoms with Crippen LogP contribution in [0.3, 0.4) is 0 Å². The first-order valence-electron chi connectivity index (χ1n) is 14.5. The first kappa shape index (κ1) is 32.1. The highest BCUT2D eigenvalue weighted by atomic mass is 35.5. The van der Waals surface area contributed by atoms with Crippen LogP contribution < -0.4 is 20.5 Å². The van der Waals surface area contributed by atoms with Gasteiger partial charge in [-0.3, -0.25) is 9.69 Å². The van der Waals surface area contributed by atoms with Gasteiger partial charge in [-0.1, -0.05) is 24.2 Å². The van der Waals surface area contributed by atoms with Gasteiger partial charge in [-0.25, -0.2) is 14.4 Å². The summed E-state index contributed by atoms with van der Waals surface area (Å²) in [6.45, 7) is 11.6. The minimum absolute atomic E-state index is 0.0777. The lowest BCUT2D eigenvalue weighted by molar-refractivity contribution is -0.112. The second kappa shape index (κ2) is 13.8. The maximum absolute atomic E-state index is 13.7. The summed E-state index contributed by atoms with van der Waals surface area (Å²) < 4.78 is 31.1. The predicted octanol–water partition coefficient (Wildman–Crippen LogP) is 5.79. The van der Waals surface area contributed by atoms with Crippen LogP contribution in [0.5, 0.6) is 17.2 Å². The van der Waals surface area contributed by atoms with Crippen molar-refractivity contribution in [3.8, 4) is 17.2 Å². The van der Waals surface area contributed by atoms with E-state index in [0.717, 1.165) is 39.3 Å². The molecular formula is C33H35ClFN5O5. The highest BCUT2D eigenvalue weighted by Gasteiger charge is 2.25. The van der Waals surface area contributed by atoms with Crippen LogP contribution in [0.25, 0.3) is 16.5 Å². The molecule has 1 aromatic heterocycles. The van der Waals surface area contributed by atoms with Gasteiger partial charge < -0.3 is 30.4 Å². The van der Waals surface area contributed by atoms with E-state index in [4.69, 9.17) is 31.5 Å². The number of halogens is 2. The smallest absolute Gasteiger partial charge is 0.248 e. The van der Waals surface area contributed by atoms with Gasteiger partial charge in [-0.15, -0.1) is 0 Å². The van der Waals surface area contributed by atoms with Gasteiger partial charge in [0.1, 0.15) is 35.2 Å². The number of carbonyl (C=O) groups excluding carboxylic acids is 1. The van der Waals surface area contributed by atoms with Crippen LogP contribution >= 0.6 is 11.6 Å². The fourth-order valence-electron chi connectivity index (χ4n) is 4.99. The third-order valence-electron chi connectivity index (χ3n) is 7.35. The normalized spacial score (nSPS) is 13.9. The summed E-state index contributed by atoms with van der Waals surface area (Å²) in [6, 6.07) is 12.3. The molecule has 0 saturated carbocycles. The number of fused-ring (bicyclic) bond motifs is 1. The van der Waals surface area contributed by atoms with Crippen LogP contribution in [0, 0.1) is 5.82 Å². The van der Waals surface area contributed by atoms with Crippen molar-refractivity contribution in [2.45, 2.75) is 25.9 Å². The number of carbonyl (C=O) groups is 1. The molecule has 1 aliphatic rings. The molecule has 0 aliphatic carbocycles. The van der Waals surface area contributed by atoms with E-state index in [0.29, 0.717) is 45.9 Å². The molecule has 1 fully saturated rings. The molecular weight excluding hydrogens is 601 g/mol. The summed E-state index contributed by atoms with van der Waals surface area (Å²) in [7, 11) is 0. The van der Waals surface area contributed by atoms with Crippen molar-refractivity contribution in [3.05, 3.63) is 83.4 Å². The first-order chi connectivity index (χ1) is 21.5. The van der Waals surface area contributed by atoms with E-state index in [2.05, 4.69) is 26.8 Å². The Labute approximate surface area is 265 Å². The lowest BCUT2D eigenvalue weighted by atomic mass is 9.95. The zero-order chi connectivity index (χ0) is 32.1. The number of nitrogens with two attached hydrogens (primary N) is 1. The molecule has 1 saturated heterocycles. The number of rotatable bonds is 12. The van der Waals surface area contributed by atoms with Crippen molar-refractivity contribution in [1.82, 2.24) is 14.9 Å². The number of benzene rings is 3. The molecule has 45 heavy (non-hydrogen) atoms. The molecule has 10 nitrogen and oxygen atoms in total. The van der Waals surface area contributed by atoms with Crippen LogP contribution in [-0.2, 0) is 15.1 Å². The molecule has 12 heteroatoms. The summed E-state index contributed by atoms with van der Waals surface area (Å²) in [5.74, 6) is 0.133. The number of anilines is 2. The number of amides is 1. The number of hydrogen-bond donors (Lipinski definition) is 3. The zero-order valence-corrected chi connectivity index (χ0v) is 25.9. The number of aliphatic hydroxyl groups is 1. The molecule has 2 heterocycles. The largest absolute Gasteiger partial charge is 0.493 e. The molecule has 1 amide bonds. The van der Waals surface area contributed by atoms with Gasteiger partial charge in [0.05, 0.1) is 36.0 Å². The molecule has 0 radical (unpaired) electrons. The number of nitrogens with one attached hydrogen (secondary N) is 1. The molecule has 3 aromatic carbocycles. The number of nitrogens with zero attached hydrogens (tertiary/aromatic N) is 3. The average Bonchev–Trinajstić information content (AvgIpc) is 3.00. The minimum atomic E-state index is -1.34. The van der Waals surface area contributed by atoms with Crippen molar-refractivity contribution in [2.75, 3.05) is 44.8 Å². The van der Waals surface area contributed by atoms with Crippen LogP contribution in [-0.4, -0.2) is 65.3 Å². The van der Waals surface area contributed by atoms with Crippen LogP contribution in [0.2, 0.25) is 5.02 Å².